The van der Waals surface area contributed by atoms with Crippen molar-refractivity contribution in [2.75, 3.05) is 20.3 Å². The third kappa shape index (κ3) is 3.34. The number of nitrogens with one attached hydrogen (secondary N) is 2. The van der Waals surface area contributed by atoms with Gasteiger partial charge < -0.3 is 19.6 Å². The molecule has 2 rings (SSSR count). The summed E-state index contributed by atoms with van der Waals surface area (Å²) in [6.07, 6.45) is 0. The van der Waals surface area contributed by atoms with Crippen molar-refractivity contribution >= 4 is 40.8 Å². The highest BCUT2D eigenvalue weighted by Gasteiger charge is 2.08. The molecule has 0 saturated carbocycles. The Balaban J connectivity index is 2.18. The van der Waals surface area contributed by atoms with Crippen LogP contribution in [0.2, 0.25) is 5.02 Å². The number of benzene rings is 1. The molecule has 19 heavy (non-hydrogen) atoms. The van der Waals surface area contributed by atoms with E-state index in [1.54, 1.807) is 23.8 Å². The van der Waals surface area contributed by atoms with E-state index in [4.69, 9.17) is 28.6 Å². The molecule has 0 unspecified atom stereocenters. The molecule has 1 aromatic heterocycles. The first kappa shape index (κ1) is 14.0. The van der Waals surface area contributed by atoms with E-state index in [-0.39, 0.29) is 12.5 Å². The zero-order valence-electron chi connectivity index (χ0n) is 10.4. The molecule has 0 aliphatic heterocycles. The zero-order chi connectivity index (χ0) is 13.8. The summed E-state index contributed by atoms with van der Waals surface area (Å²) in [5, 5.41) is 3.38. The summed E-state index contributed by atoms with van der Waals surface area (Å²) in [6, 6.07) is 5.39. The summed E-state index contributed by atoms with van der Waals surface area (Å²) in [5.74, 6) is -0.107. The number of aromatic nitrogens is 2. The van der Waals surface area contributed by atoms with Crippen molar-refractivity contribution in [2.24, 2.45) is 0 Å². The lowest BCUT2D eigenvalue weighted by atomic mass is 10.3. The van der Waals surface area contributed by atoms with Gasteiger partial charge in [0.1, 0.15) is 6.54 Å². The third-order valence-corrected chi connectivity index (χ3v) is 3.22. The number of fused-ring (bicyclic) bond motifs is 1. The Bertz CT molecular complexity index is 650. The minimum Gasteiger partial charge on any atom is -0.383 e. The van der Waals surface area contributed by atoms with Crippen LogP contribution < -0.4 is 5.32 Å². The Labute approximate surface area is 120 Å². The summed E-state index contributed by atoms with van der Waals surface area (Å²) in [4.78, 5) is 14.8. The van der Waals surface area contributed by atoms with Gasteiger partial charge in [0.15, 0.2) is 4.77 Å². The maximum atomic E-state index is 11.8. The van der Waals surface area contributed by atoms with Crippen LogP contribution in [0.4, 0.5) is 0 Å². The highest BCUT2D eigenvalue weighted by atomic mass is 35.5. The van der Waals surface area contributed by atoms with Gasteiger partial charge in [-0.3, -0.25) is 4.79 Å². The molecule has 0 spiro atoms. The summed E-state index contributed by atoms with van der Waals surface area (Å²) in [7, 11) is 1.59. The molecular formula is C12H14ClN3O2S. The van der Waals surface area contributed by atoms with Crippen LogP contribution in [0.5, 0.6) is 0 Å². The molecule has 0 atom stereocenters. The third-order valence-electron chi connectivity index (χ3n) is 2.67. The second-order valence-electron chi connectivity index (χ2n) is 4.02. The van der Waals surface area contributed by atoms with Crippen LogP contribution in [0.15, 0.2) is 18.2 Å². The number of aromatic amines is 1. The van der Waals surface area contributed by atoms with Gasteiger partial charge in [-0.2, -0.15) is 0 Å². The van der Waals surface area contributed by atoms with E-state index in [1.165, 1.54) is 0 Å². The van der Waals surface area contributed by atoms with E-state index < -0.39 is 0 Å². The van der Waals surface area contributed by atoms with E-state index in [9.17, 15) is 4.79 Å². The van der Waals surface area contributed by atoms with Crippen LogP contribution in [0.25, 0.3) is 11.0 Å². The number of hydrogen-bond donors (Lipinski definition) is 2. The second-order valence-corrected chi connectivity index (χ2v) is 4.84. The molecule has 2 aromatic rings. The molecule has 0 saturated heterocycles. The van der Waals surface area contributed by atoms with Crippen LogP contribution in [0.1, 0.15) is 0 Å². The zero-order valence-corrected chi connectivity index (χ0v) is 12.0. The number of rotatable bonds is 5. The summed E-state index contributed by atoms with van der Waals surface area (Å²) >= 11 is 11.1. The van der Waals surface area contributed by atoms with E-state index in [1.807, 2.05) is 6.07 Å². The fourth-order valence-corrected chi connectivity index (χ4v) is 2.23. The number of carbonyl (C=O) groups is 1. The van der Waals surface area contributed by atoms with Crippen LogP contribution in [0.3, 0.4) is 0 Å². The second kappa shape index (κ2) is 6.18. The Morgan fingerprint density at radius 2 is 2.37 bits per heavy atom. The van der Waals surface area contributed by atoms with Crippen molar-refractivity contribution in [1.82, 2.24) is 14.9 Å². The van der Waals surface area contributed by atoms with Crippen LogP contribution >= 0.6 is 23.8 Å². The number of hydrogen-bond acceptors (Lipinski definition) is 3. The predicted molar refractivity (Wildman–Crippen MR) is 77.0 cm³/mol. The molecule has 102 valence electrons. The number of halogens is 1. The number of methoxy groups -OCH3 is 1. The van der Waals surface area contributed by atoms with Crippen molar-refractivity contribution in [2.45, 2.75) is 6.54 Å². The van der Waals surface area contributed by atoms with Crippen molar-refractivity contribution in [3.8, 4) is 0 Å². The molecular weight excluding hydrogens is 286 g/mol. The van der Waals surface area contributed by atoms with Crippen molar-refractivity contribution < 1.29 is 9.53 Å². The van der Waals surface area contributed by atoms with Gasteiger partial charge in [0, 0.05) is 18.7 Å². The van der Waals surface area contributed by atoms with Gasteiger partial charge in [0.05, 0.1) is 17.6 Å². The monoisotopic (exact) mass is 299 g/mol. The van der Waals surface area contributed by atoms with Crippen LogP contribution in [-0.4, -0.2) is 35.7 Å². The lowest BCUT2D eigenvalue weighted by Gasteiger charge is -2.06. The molecule has 0 bridgehead atoms. The molecule has 0 radical (unpaired) electrons. The van der Waals surface area contributed by atoms with Crippen LogP contribution in [-0.2, 0) is 16.1 Å². The molecule has 1 heterocycles. The van der Waals surface area contributed by atoms with E-state index >= 15 is 0 Å². The normalized spacial score (nSPS) is 10.8. The van der Waals surface area contributed by atoms with Crippen molar-refractivity contribution in [1.29, 1.82) is 0 Å². The average Bonchev–Trinajstić information content (AvgIpc) is 2.65. The Kier molecular flexibility index (Phi) is 4.57. The fraction of sp³-hybridized carbons (Fsp3) is 0.333. The number of carbonyl (C=O) groups excluding carboxylic acids is 1. The molecule has 1 aromatic carbocycles. The van der Waals surface area contributed by atoms with E-state index in [2.05, 4.69) is 10.3 Å². The van der Waals surface area contributed by atoms with Gasteiger partial charge in [0.2, 0.25) is 5.91 Å². The van der Waals surface area contributed by atoms with Gasteiger partial charge in [-0.15, -0.1) is 0 Å². The predicted octanol–water partition coefficient (Wildman–Crippen LogP) is 2.11. The molecule has 7 heteroatoms. The average molecular weight is 300 g/mol. The Hall–Kier alpha value is -1.37. The summed E-state index contributed by atoms with van der Waals surface area (Å²) in [6.45, 7) is 1.14. The van der Waals surface area contributed by atoms with E-state index in [0.717, 1.165) is 11.0 Å². The standard InChI is InChI=1S/C12H14ClN3O2S/c1-18-5-4-14-11(17)7-16-10-3-2-8(13)6-9(10)15-12(16)19/h2-3,6H,4-5,7H2,1H3,(H,14,17)(H,15,19). The highest BCUT2D eigenvalue weighted by molar-refractivity contribution is 7.71. The lowest BCUT2D eigenvalue weighted by molar-refractivity contribution is -0.121. The van der Waals surface area contributed by atoms with Crippen LogP contribution in [0, 0.1) is 4.77 Å². The fourth-order valence-electron chi connectivity index (χ4n) is 1.78. The minimum absolute atomic E-state index is 0.107. The molecule has 0 aliphatic rings. The van der Waals surface area contributed by atoms with Crippen molar-refractivity contribution in [3.05, 3.63) is 28.0 Å². The molecule has 1 amide bonds. The maximum Gasteiger partial charge on any atom is 0.240 e. The van der Waals surface area contributed by atoms with Gasteiger partial charge in [0.25, 0.3) is 0 Å². The summed E-state index contributed by atoms with van der Waals surface area (Å²) in [5.41, 5.74) is 1.68. The maximum absolute atomic E-state index is 11.8. The quantitative estimate of drug-likeness (QED) is 0.657. The Morgan fingerprint density at radius 3 is 3.11 bits per heavy atom. The van der Waals surface area contributed by atoms with Gasteiger partial charge in [-0.1, -0.05) is 11.6 Å². The molecule has 5 nitrogen and oxygen atoms in total. The van der Waals surface area contributed by atoms with Crippen molar-refractivity contribution in [3.63, 3.8) is 0 Å². The molecule has 2 N–H and O–H groups in total. The molecule has 0 fully saturated rings. The lowest BCUT2D eigenvalue weighted by Crippen LogP contribution is -2.30. The largest absolute Gasteiger partial charge is 0.383 e. The number of imidazole rings is 1. The number of amides is 1. The number of ether oxygens (including phenoxy) is 1. The topological polar surface area (TPSA) is 59.0 Å². The van der Waals surface area contributed by atoms with Gasteiger partial charge in [-0.05, 0) is 30.4 Å². The highest BCUT2D eigenvalue weighted by Crippen LogP contribution is 2.18. The Morgan fingerprint density at radius 1 is 1.58 bits per heavy atom. The first-order chi connectivity index (χ1) is 9.11. The first-order valence-corrected chi connectivity index (χ1v) is 6.54. The number of nitrogens with zero attached hydrogens (tertiary/aromatic N) is 1. The van der Waals surface area contributed by atoms with Gasteiger partial charge >= 0.3 is 0 Å². The SMILES string of the molecule is COCCNC(=O)Cn1c(=S)[nH]c2cc(Cl)ccc21. The number of H-pyrrole nitrogens is 1. The minimum atomic E-state index is -0.107. The van der Waals surface area contributed by atoms with E-state index in [0.29, 0.717) is 22.9 Å². The smallest absolute Gasteiger partial charge is 0.240 e. The molecule has 0 aliphatic carbocycles. The van der Waals surface area contributed by atoms with Gasteiger partial charge in [-0.25, -0.2) is 0 Å². The summed E-state index contributed by atoms with van der Waals surface area (Å²) < 4.78 is 7.11. The first-order valence-electron chi connectivity index (χ1n) is 5.75.